The average molecular weight is 240 g/mol. The molecule has 1 aliphatic rings. The van der Waals surface area contributed by atoms with Crippen LogP contribution in [0.25, 0.3) is 0 Å². The van der Waals surface area contributed by atoms with Gasteiger partial charge in [-0.15, -0.1) is 0 Å². The molecule has 0 saturated carbocycles. The Kier molecular flexibility index (Phi) is 2.99. The topological polar surface area (TPSA) is 87.4 Å². The second-order valence-electron chi connectivity index (χ2n) is 2.68. The standard InChI is InChI=1S/C5H10BrN3O3/c1-2-7-4(6)3(9(11)12)5(10)8-2/h2-5,7-8,10H,1H3. The number of aliphatic hydroxyl groups is 1. The summed E-state index contributed by atoms with van der Waals surface area (Å²) >= 11 is 3.08. The molecule has 7 heteroatoms. The molecule has 12 heavy (non-hydrogen) atoms. The summed E-state index contributed by atoms with van der Waals surface area (Å²) in [6, 6.07) is -1.05. The second-order valence-corrected chi connectivity index (χ2v) is 3.66. The third kappa shape index (κ3) is 1.92. The Labute approximate surface area is 77.6 Å². The zero-order valence-corrected chi connectivity index (χ0v) is 7.98. The molecular formula is C5H10BrN3O3. The van der Waals surface area contributed by atoms with Crippen LogP contribution >= 0.6 is 15.9 Å². The van der Waals surface area contributed by atoms with E-state index >= 15 is 0 Å². The lowest BCUT2D eigenvalue weighted by atomic mass is 10.2. The minimum Gasteiger partial charge on any atom is -0.372 e. The molecule has 70 valence electrons. The molecule has 1 heterocycles. The first-order valence-electron chi connectivity index (χ1n) is 3.50. The monoisotopic (exact) mass is 239 g/mol. The van der Waals surface area contributed by atoms with E-state index in [0.717, 1.165) is 0 Å². The number of nitrogens with one attached hydrogen (secondary N) is 2. The third-order valence-corrected chi connectivity index (χ3v) is 2.50. The van der Waals surface area contributed by atoms with Crippen molar-refractivity contribution in [2.45, 2.75) is 30.3 Å². The lowest BCUT2D eigenvalue weighted by molar-refractivity contribution is -0.538. The van der Waals surface area contributed by atoms with Crippen molar-refractivity contribution in [1.82, 2.24) is 10.6 Å². The van der Waals surface area contributed by atoms with Crippen LogP contribution in [0.4, 0.5) is 0 Å². The van der Waals surface area contributed by atoms with Gasteiger partial charge in [-0.2, -0.15) is 0 Å². The smallest absolute Gasteiger partial charge is 0.276 e. The highest BCUT2D eigenvalue weighted by atomic mass is 79.9. The Hall–Kier alpha value is -0.240. The van der Waals surface area contributed by atoms with E-state index < -0.39 is 22.1 Å². The molecule has 6 nitrogen and oxygen atoms in total. The maximum absolute atomic E-state index is 10.4. The Balaban J connectivity index is 2.66. The average Bonchev–Trinajstić information content (AvgIpc) is 1.82. The van der Waals surface area contributed by atoms with Gasteiger partial charge in [0.15, 0.2) is 6.23 Å². The number of aliphatic hydroxyl groups excluding tert-OH is 1. The Morgan fingerprint density at radius 1 is 1.58 bits per heavy atom. The van der Waals surface area contributed by atoms with Crippen LogP contribution in [-0.2, 0) is 0 Å². The summed E-state index contributed by atoms with van der Waals surface area (Å²) in [5.74, 6) is 0. The molecule has 0 amide bonds. The molecule has 0 spiro atoms. The lowest BCUT2D eigenvalue weighted by Gasteiger charge is -2.32. The molecule has 1 fully saturated rings. The number of hydrogen-bond donors (Lipinski definition) is 3. The van der Waals surface area contributed by atoms with Gasteiger partial charge in [0.05, 0.1) is 6.17 Å². The van der Waals surface area contributed by atoms with Gasteiger partial charge in [0.25, 0.3) is 6.04 Å². The second kappa shape index (κ2) is 3.65. The third-order valence-electron chi connectivity index (χ3n) is 1.70. The van der Waals surface area contributed by atoms with E-state index in [4.69, 9.17) is 0 Å². The van der Waals surface area contributed by atoms with E-state index in [0.29, 0.717) is 0 Å². The van der Waals surface area contributed by atoms with Gasteiger partial charge in [0, 0.05) is 4.92 Å². The van der Waals surface area contributed by atoms with Crippen molar-refractivity contribution in [1.29, 1.82) is 0 Å². The molecule has 0 aromatic carbocycles. The first-order valence-corrected chi connectivity index (χ1v) is 4.41. The van der Waals surface area contributed by atoms with Gasteiger partial charge in [-0.3, -0.25) is 20.7 Å². The fraction of sp³-hybridized carbons (Fsp3) is 1.00. The van der Waals surface area contributed by atoms with Crippen molar-refractivity contribution in [2.75, 3.05) is 0 Å². The quantitative estimate of drug-likeness (QED) is 0.242. The first-order chi connectivity index (χ1) is 5.52. The predicted molar refractivity (Wildman–Crippen MR) is 45.2 cm³/mol. The van der Waals surface area contributed by atoms with E-state index in [1.165, 1.54) is 0 Å². The molecule has 1 saturated heterocycles. The normalized spacial score (nSPS) is 42.6. The van der Waals surface area contributed by atoms with Gasteiger partial charge in [-0.1, -0.05) is 15.9 Å². The SMILES string of the molecule is CC1NC(O)C([N+](=O)[O-])C(Br)N1. The molecule has 0 radical (unpaired) electrons. The first kappa shape index (κ1) is 9.85. The summed E-state index contributed by atoms with van der Waals surface area (Å²) in [7, 11) is 0. The van der Waals surface area contributed by atoms with E-state index in [-0.39, 0.29) is 6.17 Å². The van der Waals surface area contributed by atoms with Crippen LogP contribution < -0.4 is 10.6 Å². The highest BCUT2D eigenvalue weighted by Gasteiger charge is 2.41. The van der Waals surface area contributed by atoms with Crippen LogP contribution in [0, 0.1) is 10.1 Å². The zero-order valence-electron chi connectivity index (χ0n) is 6.40. The van der Waals surface area contributed by atoms with E-state index in [1.807, 2.05) is 0 Å². The largest absolute Gasteiger partial charge is 0.372 e. The van der Waals surface area contributed by atoms with Crippen molar-refractivity contribution >= 4 is 15.9 Å². The summed E-state index contributed by atoms with van der Waals surface area (Å²) in [6.45, 7) is 1.77. The van der Waals surface area contributed by atoms with E-state index in [1.54, 1.807) is 6.92 Å². The van der Waals surface area contributed by atoms with Crippen LogP contribution in [0.2, 0.25) is 0 Å². The molecule has 4 atom stereocenters. The molecule has 0 aromatic heterocycles. The zero-order chi connectivity index (χ0) is 9.30. The summed E-state index contributed by atoms with van der Waals surface area (Å²) in [5, 5.41) is 25.1. The van der Waals surface area contributed by atoms with E-state index in [9.17, 15) is 15.2 Å². The van der Waals surface area contributed by atoms with Gasteiger partial charge < -0.3 is 5.11 Å². The number of nitrogens with zero attached hydrogens (tertiary/aromatic N) is 1. The molecule has 1 aliphatic heterocycles. The Bertz CT molecular complexity index is 179. The predicted octanol–water partition coefficient (Wildman–Crippen LogP) is -0.790. The molecule has 0 bridgehead atoms. The lowest BCUT2D eigenvalue weighted by Crippen LogP contribution is -2.65. The summed E-state index contributed by atoms with van der Waals surface area (Å²) in [4.78, 5) is 9.40. The van der Waals surface area contributed by atoms with Crippen LogP contribution in [-0.4, -0.2) is 33.4 Å². The number of nitro groups is 1. The molecule has 0 aliphatic carbocycles. The number of hydrogen-bond acceptors (Lipinski definition) is 5. The number of rotatable bonds is 1. The van der Waals surface area contributed by atoms with Crippen LogP contribution in [0.15, 0.2) is 0 Å². The van der Waals surface area contributed by atoms with E-state index in [2.05, 4.69) is 26.6 Å². The minimum atomic E-state index is -1.11. The van der Waals surface area contributed by atoms with Crippen LogP contribution in [0.5, 0.6) is 0 Å². The number of halogens is 1. The molecule has 0 aromatic rings. The highest BCUT2D eigenvalue weighted by Crippen LogP contribution is 2.13. The van der Waals surface area contributed by atoms with Crippen molar-refractivity contribution < 1.29 is 10.0 Å². The molecule has 3 N–H and O–H groups in total. The van der Waals surface area contributed by atoms with Crippen molar-refractivity contribution in [3.8, 4) is 0 Å². The minimum absolute atomic E-state index is 0.138. The summed E-state index contributed by atoms with van der Waals surface area (Å²) < 4.78 is 0. The van der Waals surface area contributed by atoms with Gasteiger partial charge in [0.2, 0.25) is 0 Å². The van der Waals surface area contributed by atoms with Crippen LogP contribution in [0.3, 0.4) is 0 Å². The maximum Gasteiger partial charge on any atom is 0.276 e. The Morgan fingerprint density at radius 2 is 2.17 bits per heavy atom. The fourth-order valence-electron chi connectivity index (χ4n) is 1.12. The molecule has 1 rings (SSSR count). The Morgan fingerprint density at radius 3 is 2.58 bits per heavy atom. The van der Waals surface area contributed by atoms with Gasteiger partial charge in [-0.05, 0) is 6.92 Å². The van der Waals surface area contributed by atoms with Gasteiger partial charge in [0.1, 0.15) is 4.95 Å². The van der Waals surface area contributed by atoms with Crippen molar-refractivity contribution in [3.05, 3.63) is 10.1 Å². The molecule has 4 unspecified atom stereocenters. The molecular weight excluding hydrogens is 230 g/mol. The van der Waals surface area contributed by atoms with Crippen molar-refractivity contribution in [2.24, 2.45) is 0 Å². The van der Waals surface area contributed by atoms with Gasteiger partial charge >= 0.3 is 0 Å². The van der Waals surface area contributed by atoms with Gasteiger partial charge in [-0.25, -0.2) is 0 Å². The van der Waals surface area contributed by atoms with Crippen molar-refractivity contribution in [3.63, 3.8) is 0 Å². The highest BCUT2D eigenvalue weighted by molar-refractivity contribution is 9.09. The van der Waals surface area contributed by atoms with Crippen LogP contribution in [0.1, 0.15) is 6.92 Å². The maximum atomic E-state index is 10.4. The fourth-order valence-corrected chi connectivity index (χ4v) is 2.00. The number of alkyl halides is 1. The summed E-state index contributed by atoms with van der Waals surface area (Å²) in [5.41, 5.74) is 0. The summed E-state index contributed by atoms with van der Waals surface area (Å²) in [6.07, 6.45) is -1.25.